The highest BCUT2D eigenvalue weighted by molar-refractivity contribution is 7.85. The summed E-state index contributed by atoms with van der Waals surface area (Å²) in [5.41, 5.74) is 3.90. The fourth-order valence-electron chi connectivity index (χ4n) is 4.58. The standard InChI is InChI=1S/C19H32N4O11S.C14H22N2O.C2H2/c1-18(2,9-19(3,4)17(30)31)16(29)23-11(8-35(32,33)34)14(26)22-10(15(27)28)5-6-13(25)21-7-12(20)24;1-3-5-11-16-14(17)12-6-8-13(9-7-12)15-10-4-2;1-2/h10-11H,5-9H2,1-4H3,(H2,20,24)(H,21,25)(H,22,26)(H,23,29)(H,27,28)(H,30,31)(H,32,33,34);6-9,15H,3-5,10-11H2,1-2H3,(H,16,17);1-2H. The van der Waals surface area contributed by atoms with E-state index < -0.39 is 93.7 Å². The predicted molar refractivity (Wildman–Crippen MR) is 202 cm³/mol. The van der Waals surface area contributed by atoms with Crippen LogP contribution in [0.1, 0.15) is 90.4 Å². The molecule has 54 heavy (non-hydrogen) atoms. The second kappa shape index (κ2) is 24.9. The van der Waals surface area contributed by atoms with Crippen LogP contribution in [0.25, 0.3) is 0 Å². The molecule has 0 aliphatic heterocycles. The lowest BCUT2D eigenvalue weighted by Gasteiger charge is -2.32. The van der Waals surface area contributed by atoms with E-state index in [1.54, 1.807) is 0 Å². The summed E-state index contributed by atoms with van der Waals surface area (Å²) in [4.78, 5) is 82.3. The summed E-state index contributed by atoms with van der Waals surface area (Å²) in [7, 11) is -4.83. The summed E-state index contributed by atoms with van der Waals surface area (Å²) >= 11 is 0. The van der Waals surface area contributed by atoms with E-state index in [9.17, 15) is 56.7 Å². The van der Waals surface area contributed by atoms with Gasteiger partial charge in [-0.25, -0.2) is 4.79 Å². The molecule has 2 atom stereocenters. The maximum absolute atomic E-state index is 12.8. The Labute approximate surface area is 316 Å². The van der Waals surface area contributed by atoms with Crippen LogP contribution in [0.3, 0.4) is 0 Å². The summed E-state index contributed by atoms with van der Waals surface area (Å²) < 4.78 is 32.0. The zero-order valence-electron chi connectivity index (χ0n) is 31.7. The van der Waals surface area contributed by atoms with Crippen molar-refractivity contribution in [1.82, 2.24) is 21.3 Å². The lowest BCUT2D eigenvalue weighted by atomic mass is 9.74. The summed E-state index contributed by atoms with van der Waals surface area (Å²) in [6.07, 6.45) is 10.1. The molecule has 1 aromatic rings. The maximum atomic E-state index is 12.8. The molecule has 0 fully saturated rings. The number of amides is 5. The summed E-state index contributed by atoms with van der Waals surface area (Å²) in [6.45, 7) is 10.9. The first-order chi connectivity index (χ1) is 24.9. The van der Waals surface area contributed by atoms with Gasteiger partial charge in [-0.05, 0) is 63.8 Å². The van der Waals surface area contributed by atoms with Gasteiger partial charge in [0.2, 0.25) is 23.6 Å². The van der Waals surface area contributed by atoms with Crippen LogP contribution in [0, 0.1) is 23.7 Å². The normalized spacial score (nSPS) is 12.1. The van der Waals surface area contributed by atoms with Crippen molar-refractivity contribution in [2.24, 2.45) is 16.6 Å². The highest BCUT2D eigenvalue weighted by Crippen LogP contribution is 2.34. The quantitative estimate of drug-likeness (QED) is 0.0453. The van der Waals surface area contributed by atoms with Gasteiger partial charge < -0.3 is 42.5 Å². The predicted octanol–water partition coefficient (Wildman–Crippen LogP) is 1.13. The fourth-order valence-corrected chi connectivity index (χ4v) is 5.23. The lowest BCUT2D eigenvalue weighted by molar-refractivity contribution is -0.150. The summed E-state index contributed by atoms with van der Waals surface area (Å²) in [5.74, 6) is -7.84. The number of nitrogens with one attached hydrogen (secondary N) is 5. The number of primary amides is 1. The Morgan fingerprint density at radius 2 is 1.41 bits per heavy atom. The Balaban J connectivity index is 0. The smallest absolute Gasteiger partial charge is 0.326 e. The molecule has 1 rings (SSSR count). The van der Waals surface area contributed by atoms with E-state index in [4.69, 9.17) is 5.73 Å². The number of unbranched alkanes of at least 4 members (excludes halogenated alkanes) is 1. The molecule has 304 valence electrons. The average Bonchev–Trinajstić information content (AvgIpc) is 3.08. The van der Waals surface area contributed by atoms with Crippen LogP contribution in [-0.2, 0) is 38.9 Å². The van der Waals surface area contributed by atoms with Crippen molar-refractivity contribution in [3.8, 4) is 12.8 Å². The van der Waals surface area contributed by atoms with Crippen molar-refractivity contribution in [3.63, 3.8) is 0 Å². The molecular weight excluding hydrogens is 728 g/mol. The molecule has 0 aliphatic rings. The van der Waals surface area contributed by atoms with E-state index in [0.717, 1.165) is 43.6 Å². The summed E-state index contributed by atoms with van der Waals surface area (Å²) in [5, 5.41) is 31.0. The molecule has 0 aliphatic carbocycles. The Bertz CT molecular complexity index is 1540. The number of rotatable bonds is 22. The van der Waals surface area contributed by atoms with Crippen LogP contribution >= 0.6 is 0 Å². The van der Waals surface area contributed by atoms with Crippen LogP contribution in [0.2, 0.25) is 0 Å². The van der Waals surface area contributed by atoms with Gasteiger partial charge in [0, 0.05) is 36.2 Å². The minimum Gasteiger partial charge on any atom is -0.481 e. The molecule has 19 heteroatoms. The van der Waals surface area contributed by atoms with Gasteiger partial charge in [-0.15, -0.1) is 12.8 Å². The molecule has 10 N–H and O–H groups in total. The molecule has 5 amide bonds. The maximum Gasteiger partial charge on any atom is 0.326 e. The first-order valence-electron chi connectivity index (χ1n) is 17.0. The lowest BCUT2D eigenvalue weighted by Crippen LogP contribution is -2.56. The van der Waals surface area contributed by atoms with E-state index >= 15 is 0 Å². The van der Waals surface area contributed by atoms with Gasteiger partial charge in [-0.2, -0.15) is 8.42 Å². The van der Waals surface area contributed by atoms with Crippen molar-refractivity contribution in [2.45, 2.75) is 92.2 Å². The number of hydrogen-bond acceptors (Lipinski definition) is 10. The highest BCUT2D eigenvalue weighted by Gasteiger charge is 2.41. The average molecular weight is 785 g/mol. The largest absolute Gasteiger partial charge is 0.481 e. The number of aliphatic carboxylic acids is 2. The van der Waals surface area contributed by atoms with Crippen LogP contribution in [0.15, 0.2) is 24.3 Å². The van der Waals surface area contributed by atoms with Gasteiger partial charge >= 0.3 is 11.9 Å². The number of benzene rings is 1. The number of terminal acetylenes is 1. The van der Waals surface area contributed by atoms with Gasteiger partial charge in [-0.3, -0.25) is 33.3 Å². The Morgan fingerprint density at radius 3 is 1.87 bits per heavy atom. The van der Waals surface area contributed by atoms with E-state index in [2.05, 4.69) is 48.0 Å². The van der Waals surface area contributed by atoms with E-state index in [-0.39, 0.29) is 12.3 Å². The SMILES string of the molecule is C#C.CC(C)(CC(C)(C)C(=O)NC(CS(=O)(=O)O)C(=O)NC(CCC(=O)NCC(N)=O)C(=O)O)C(=O)O.CCCCNC(=O)c1ccc(NCCC)cc1. The first-order valence-corrected chi connectivity index (χ1v) is 18.6. The minimum atomic E-state index is -4.83. The summed E-state index contributed by atoms with van der Waals surface area (Å²) in [6, 6.07) is 3.99. The number of nitrogens with two attached hydrogens (primary N) is 1. The van der Waals surface area contributed by atoms with Crippen LogP contribution in [-0.4, -0.2) is 102 Å². The Kier molecular flexibility index (Phi) is 23.5. The number of carbonyl (C=O) groups is 7. The zero-order chi connectivity index (χ0) is 42.3. The third-order valence-corrected chi connectivity index (χ3v) is 8.11. The topological polar surface area (TPSA) is 300 Å². The van der Waals surface area contributed by atoms with Crippen LogP contribution < -0.4 is 32.3 Å². The van der Waals surface area contributed by atoms with Crippen molar-refractivity contribution in [2.75, 3.05) is 30.7 Å². The second-order valence-electron chi connectivity index (χ2n) is 13.3. The molecule has 0 bridgehead atoms. The number of hydrogen-bond donors (Lipinski definition) is 9. The van der Waals surface area contributed by atoms with E-state index in [1.165, 1.54) is 27.7 Å². The number of carboxylic acid groups (broad SMARTS) is 2. The van der Waals surface area contributed by atoms with E-state index in [1.807, 2.05) is 29.6 Å². The van der Waals surface area contributed by atoms with Crippen LogP contribution in [0.5, 0.6) is 0 Å². The van der Waals surface area contributed by atoms with E-state index in [0.29, 0.717) is 0 Å². The molecule has 0 saturated carbocycles. The van der Waals surface area contributed by atoms with Crippen molar-refractivity contribution < 1.29 is 56.7 Å². The molecule has 18 nitrogen and oxygen atoms in total. The molecule has 0 radical (unpaired) electrons. The van der Waals surface area contributed by atoms with Gasteiger partial charge in [0.1, 0.15) is 17.8 Å². The minimum absolute atomic E-state index is 0.0143. The second-order valence-corrected chi connectivity index (χ2v) is 14.8. The number of carbonyl (C=O) groups excluding carboxylic acids is 5. The monoisotopic (exact) mass is 784 g/mol. The molecule has 0 aromatic heterocycles. The number of carboxylic acids is 2. The van der Waals surface area contributed by atoms with Gasteiger partial charge in [0.05, 0.1) is 12.0 Å². The third kappa shape index (κ3) is 22.0. The van der Waals surface area contributed by atoms with Crippen molar-refractivity contribution in [1.29, 1.82) is 0 Å². The van der Waals surface area contributed by atoms with Gasteiger partial charge in [-0.1, -0.05) is 34.1 Å². The molecular formula is C35H56N6O12S. The number of anilines is 1. The Hall–Kier alpha value is -5.22. The fraction of sp³-hybridized carbons (Fsp3) is 0.571. The van der Waals surface area contributed by atoms with Crippen LogP contribution in [0.4, 0.5) is 5.69 Å². The molecule has 0 spiro atoms. The van der Waals surface area contributed by atoms with Crippen molar-refractivity contribution in [3.05, 3.63) is 29.8 Å². The van der Waals surface area contributed by atoms with Gasteiger partial charge in [0.25, 0.3) is 16.0 Å². The first kappa shape index (κ1) is 50.9. The molecule has 2 unspecified atom stereocenters. The molecule has 0 saturated heterocycles. The Morgan fingerprint density at radius 1 is 0.833 bits per heavy atom. The third-order valence-electron chi connectivity index (χ3n) is 7.35. The molecule has 1 aromatic carbocycles. The highest BCUT2D eigenvalue weighted by atomic mass is 32.2. The molecule has 0 heterocycles. The van der Waals surface area contributed by atoms with Crippen molar-refractivity contribution >= 4 is 57.3 Å². The zero-order valence-corrected chi connectivity index (χ0v) is 32.5. The van der Waals surface area contributed by atoms with Gasteiger partial charge in [0.15, 0.2) is 0 Å².